The summed E-state index contributed by atoms with van der Waals surface area (Å²) in [6, 6.07) is 0.605. The summed E-state index contributed by atoms with van der Waals surface area (Å²) < 4.78 is 11.0. The molecular formula is C14H24N4O2. The molecule has 1 rings (SSSR count). The highest BCUT2D eigenvalue weighted by Crippen LogP contribution is 2.13. The van der Waals surface area contributed by atoms with E-state index in [4.69, 9.17) is 9.47 Å². The Kier molecular flexibility index (Phi) is 8.10. The Morgan fingerprint density at radius 3 is 2.35 bits per heavy atom. The van der Waals surface area contributed by atoms with Crippen molar-refractivity contribution in [3.8, 4) is 12.0 Å². The third kappa shape index (κ3) is 6.36. The molecule has 6 heteroatoms. The number of allylic oxidation sites excluding steroid dienone is 1. The fourth-order valence-electron chi connectivity index (χ4n) is 1.37. The molecule has 0 saturated carbocycles. The molecule has 1 aromatic heterocycles. The number of hydrogen-bond donors (Lipinski definition) is 1. The predicted molar refractivity (Wildman–Crippen MR) is 79.3 cm³/mol. The lowest BCUT2D eigenvalue weighted by Gasteiger charge is -2.09. The Bertz CT molecular complexity index is 373. The van der Waals surface area contributed by atoms with Crippen LogP contribution < -0.4 is 14.8 Å². The number of unbranched alkanes of at least 4 members (excludes halogenated alkanes) is 1. The van der Waals surface area contributed by atoms with Crippen LogP contribution in [0.5, 0.6) is 12.0 Å². The Hall–Kier alpha value is -1.85. The van der Waals surface area contributed by atoms with Crippen LogP contribution in [0, 0.1) is 0 Å². The summed E-state index contributed by atoms with van der Waals surface area (Å²) in [5.41, 5.74) is 0. The van der Waals surface area contributed by atoms with Crippen molar-refractivity contribution in [1.29, 1.82) is 0 Å². The summed E-state index contributed by atoms with van der Waals surface area (Å²) in [5.74, 6) is 0.492. The van der Waals surface area contributed by atoms with E-state index in [1.165, 1.54) is 0 Å². The van der Waals surface area contributed by atoms with Crippen LogP contribution >= 0.6 is 0 Å². The maximum absolute atomic E-state index is 5.52. The van der Waals surface area contributed by atoms with Crippen molar-refractivity contribution in [2.75, 3.05) is 25.1 Å². The molecule has 0 fully saturated rings. The molecule has 1 aromatic rings. The zero-order chi connectivity index (χ0) is 14.6. The first kappa shape index (κ1) is 16.2. The van der Waals surface area contributed by atoms with Crippen LogP contribution in [0.3, 0.4) is 0 Å². The van der Waals surface area contributed by atoms with Crippen molar-refractivity contribution in [2.45, 2.75) is 39.5 Å². The lowest BCUT2D eigenvalue weighted by atomic mass is 10.3. The molecule has 0 aromatic carbocycles. The minimum absolute atomic E-state index is 0.300. The summed E-state index contributed by atoms with van der Waals surface area (Å²) >= 11 is 0. The van der Waals surface area contributed by atoms with Gasteiger partial charge in [-0.05, 0) is 25.7 Å². The number of nitrogens with one attached hydrogen (secondary N) is 1. The normalized spacial score (nSPS) is 10.1. The SMILES string of the molecule is C=CCCCOc1nc(NCCC)nc(OCCC)n1. The fraction of sp³-hybridized carbons (Fsp3) is 0.643. The summed E-state index contributed by atoms with van der Waals surface area (Å²) in [5, 5.41) is 3.11. The van der Waals surface area contributed by atoms with E-state index in [1.54, 1.807) is 0 Å². The second-order valence-corrected chi connectivity index (χ2v) is 4.28. The first-order chi connectivity index (χ1) is 9.80. The smallest absolute Gasteiger partial charge is 0.324 e. The van der Waals surface area contributed by atoms with Gasteiger partial charge in [-0.15, -0.1) is 11.6 Å². The lowest BCUT2D eigenvalue weighted by Crippen LogP contribution is -2.10. The number of anilines is 1. The topological polar surface area (TPSA) is 69.2 Å². The van der Waals surface area contributed by atoms with Gasteiger partial charge < -0.3 is 14.8 Å². The molecular weight excluding hydrogens is 256 g/mol. The Morgan fingerprint density at radius 2 is 1.75 bits per heavy atom. The molecule has 0 aliphatic rings. The molecule has 20 heavy (non-hydrogen) atoms. The van der Waals surface area contributed by atoms with E-state index in [9.17, 15) is 0 Å². The highest BCUT2D eigenvalue weighted by molar-refractivity contribution is 5.27. The van der Waals surface area contributed by atoms with Gasteiger partial charge in [-0.1, -0.05) is 19.9 Å². The lowest BCUT2D eigenvalue weighted by molar-refractivity contribution is 0.260. The van der Waals surface area contributed by atoms with Crippen molar-refractivity contribution in [2.24, 2.45) is 0 Å². The van der Waals surface area contributed by atoms with Crippen molar-refractivity contribution >= 4 is 5.95 Å². The van der Waals surface area contributed by atoms with Crippen molar-refractivity contribution in [3.63, 3.8) is 0 Å². The van der Waals surface area contributed by atoms with Gasteiger partial charge in [0.05, 0.1) is 13.2 Å². The van der Waals surface area contributed by atoms with Crippen molar-refractivity contribution in [3.05, 3.63) is 12.7 Å². The first-order valence-corrected chi connectivity index (χ1v) is 7.16. The zero-order valence-electron chi connectivity index (χ0n) is 12.4. The van der Waals surface area contributed by atoms with Crippen LogP contribution in [0.15, 0.2) is 12.7 Å². The van der Waals surface area contributed by atoms with Gasteiger partial charge in [0, 0.05) is 6.54 Å². The van der Waals surface area contributed by atoms with E-state index < -0.39 is 0 Å². The van der Waals surface area contributed by atoms with Gasteiger partial charge in [-0.3, -0.25) is 0 Å². The van der Waals surface area contributed by atoms with E-state index >= 15 is 0 Å². The van der Waals surface area contributed by atoms with Gasteiger partial charge in [0.25, 0.3) is 0 Å². The molecule has 0 saturated heterocycles. The van der Waals surface area contributed by atoms with Crippen LogP contribution in [0.2, 0.25) is 0 Å². The minimum Gasteiger partial charge on any atom is -0.463 e. The summed E-state index contributed by atoms with van der Waals surface area (Å²) in [7, 11) is 0. The van der Waals surface area contributed by atoms with Gasteiger partial charge in [0.15, 0.2) is 0 Å². The standard InChI is InChI=1S/C14H24N4O2/c1-4-7-8-11-20-14-17-12(15-9-5-2)16-13(18-14)19-10-6-3/h4H,1,5-11H2,2-3H3,(H,15,16,17,18). The van der Waals surface area contributed by atoms with E-state index in [1.807, 2.05) is 13.0 Å². The highest BCUT2D eigenvalue weighted by Gasteiger charge is 2.08. The molecule has 0 unspecified atom stereocenters. The molecule has 0 amide bonds. The monoisotopic (exact) mass is 280 g/mol. The van der Waals surface area contributed by atoms with Crippen molar-refractivity contribution in [1.82, 2.24) is 15.0 Å². The van der Waals surface area contributed by atoms with E-state index in [2.05, 4.69) is 33.8 Å². The Labute approximate surface area is 120 Å². The van der Waals surface area contributed by atoms with Crippen molar-refractivity contribution < 1.29 is 9.47 Å². The van der Waals surface area contributed by atoms with Gasteiger partial charge in [0.2, 0.25) is 5.95 Å². The van der Waals surface area contributed by atoms with Crippen LogP contribution in [0.1, 0.15) is 39.5 Å². The van der Waals surface area contributed by atoms with E-state index in [-0.39, 0.29) is 0 Å². The predicted octanol–water partition coefficient (Wildman–Crippen LogP) is 2.83. The van der Waals surface area contributed by atoms with Crippen LogP contribution in [0.25, 0.3) is 0 Å². The van der Waals surface area contributed by atoms with Gasteiger partial charge >= 0.3 is 12.0 Å². The van der Waals surface area contributed by atoms with Gasteiger partial charge in [0.1, 0.15) is 0 Å². The number of hydrogen-bond acceptors (Lipinski definition) is 6. The number of ether oxygens (including phenoxy) is 2. The Balaban J connectivity index is 2.66. The molecule has 1 heterocycles. The summed E-state index contributed by atoms with van der Waals surface area (Å²) in [6.07, 6.45) is 5.55. The fourth-order valence-corrected chi connectivity index (χ4v) is 1.37. The van der Waals surface area contributed by atoms with Gasteiger partial charge in [-0.25, -0.2) is 0 Å². The molecule has 1 N–H and O–H groups in total. The zero-order valence-corrected chi connectivity index (χ0v) is 12.4. The van der Waals surface area contributed by atoms with Crippen LogP contribution in [-0.2, 0) is 0 Å². The highest BCUT2D eigenvalue weighted by atomic mass is 16.5. The maximum atomic E-state index is 5.52. The molecule has 0 radical (unpaired) electrons. The van der Waals surface area contributed by atoms with Crippen LogP contribution in [-0.4, -0.2) is 34.7 Å². The molecule has 0 bridgehead atoms. The molecule has 112 valence electrons. The largest absolute Gasteiger partial charge is 0.463 e. The number of aromatic nitrogens is 3. The molecule has 6 nitrogen and oxygen atoms in total. The summed E-state index contributed by atoms with van der Waals surface area (Å²) in [4.78, 5) is 12.6. The number of rotatable bonds is 11. The van der Waals surface area contributed by atoms with Gasteiger partial charge in [-0.2, -0.15) is 9.97 Å². The molecule has 0 spiro atoms. The number of nitrogens with zero attached hydrogens (tertiary/aromatic N) is 3. The molecule has 0 atom stereocenters. The average molecular weight is 280 g/mol. The average Bonchev–Trinajstić information content (AvgIpc) is 2.47. The maximum Gasteiger partial charge on any atom is 0.324 e. The second-order valence-electron chi connectivity index (χ2n) is 4.28. The summed E-state index contributed by atoms with van der Waals surface area (Å²) in [6.45, 7) is 9.71. The minimum atomic E-state index is 0.300. The third-order valence-corrected chi connectivity index (χ3v) is 2.35. The molecule has 0 aliphatic heterocycles. The Morgan fingerprint density at radius 1 is 1.05 bits per heavy atom. The first-order valence-electron chi connectivity index (χ1n) is 7.16. The van der Waals surface area contributed by atoms with Crippen LogP contribution in [0.4, 0.5) is 5.95 Å². The van der Waals surface area contributed by atoms with E-state index in [0.29, 0.717) is 31.2 Å². The second kappa shape index (κ2) is 10.00. The molecule has 0 aliphatic carbocycles. The van der Waals surface area contributed by atoms with E-state index in [0.717, 1.165) is 32.2 Å². The quantitative estimate of drug-likeness (QED) is 0.496. The third-order valence-electron chi connectivity index (χ3n) is 2.35.